The maximum Gasteiger partial charge on any atom is 0.0468 e. The Morgan fingerprint density at radius 1 is 1.14 bits per heavy atom. The van der Waals surface area contributed by atoms with Gasteiger partial charge in [-0.1, -0.05) is 36.4 Å². The first-order valence-electron chi connectivity index (χ1n) is 7.93. The van der Waals surface area contributed by atoms with Crippen molar-refractivity contribution in [1.29, 1.82) is 0 Å². The number of hydrogen-bond acceptors (Lipinski definition) is 2. The van der Waals surface area contributed by atoms with Gasteiger partial charge >= 0.3 is 0 Å². The molecule has 2 heteroatoms. The zero-order valence-electron chi connectivity index (χ0n) is 13.1. The van der Waals surface area contributed by atoms with Crippen molar-refractivity contribution in [3.8, 4) is 0 Å². The molecule has 1 saturated carbocycles. The molecule has 1 N–H and O–H groups in total. The van der Waals surface area contributed by atoms with Crippen molar-refractivity contribution in [2.24, 2.45) is 5.41 Å². The molecule has 0 radical (unpaired) electrons. The lowest BCUT2D eigenvalue weighted by atomic mass is 10.00. The standard InChI is InChI=1S/C19H25NO/c1-15(20-14-19(9-10-19)11-12-21-2)17-8-7-16-5-3-4-6-18(16)13-17/h3-8,13,15,20H,9-12,14H2,1-2H3. The molecule has 2 aromatic rings. The summed E-state index contributed by atoms with van der Waals surface area (Å²) in [5.41, 5.74) is 1.87. The minimum atomic E-state index is 0.398. The van der Waals surface area contributed by atoms with Crippen LogP contribution in [0.4, 0.5) is 0 Å². The van der Waals surface area contributed by atoms with Crippen LogP contribution >= 0.6 is 0 Å². The average molecular weight is 283 g/mol. The van der Waals surface area contributed by atoms with E-state index >= 15 is 0 Å². The van der Waals surface area contributed by atoms with E-state index in [9.17, 15) is 0 Å². The van der Waals surface area contributed by atoms with Gasteiger partial charge < -0.3 is 10.1 Å². The molecular weight excluding hydrogens is 258 g/mol. The summed E-state index contributed by atoms with van der Waals surface area (Å²) in [6.45, 7) is 4.24. The van der Waals surface area contributed by atoms with E-state index in [0.29, 0.717) is 11.5 Å². The van der Waals surface area contributed by atoms with E-state index < -0.39 is 0 Å². The number of benzene rings is 2. The molecule has 1 aliphatic carbocycles. The Balaban J connectivity index is 1.63. The van der Waals surface area contributed by atoms with Crippen molar-refractivity contribution in [1.82, 2.24) is 5.32 Å². The van der Waals surface area contributed by atoms with Crippen LogP contribution < -0.4 is 5.32 Å². The van der Waals surface area contributed by atoms with Crippen LogP contribution in [0.5, 0.6) is 0 Å². The van der Waals surface area contributed by atoms with Crippen LogP contribution in [0, 0.1) is 5.41 Å². The zero-order valence-corrected chi connectivity index (χ0v) is 13.1. The van der Waals surface area contributed by atoms with Crippen LogP contribution in [0.25, 0.3) is 10.8 Å². The van der Waals surface area contributed by atoms with Gasteiger partial charge in [0.05, 0.1) is 0 Å². The summed E-state index contributed by atoms with van der Waals surface area (Å²) < 4.78 is 5.23. The van der Waals surface area contributed by atoms with Crippen LogP contribution in [0.1, 0.15) is 37.8 Å². The summed E-state index contributed by atoms with van der Waals surface area (Å²) >= 11 is 0. The van der Waals surface area contributed by atoms with Crippen molar-refractivity contribution >= 4 is 10.8 Å². The largest absolute Gasteiger partial charge is 0.385 e. The van der Waals surface area contributed by atoms with Gasteiger partial charge in [-0.15, -0.1) is 0 Å². The maximum absolute atomic E-state index is 5.23. The highest BCUT2D eigenvalue weighted by Gasteiger charge is 2.41. The molecule has 0 amide bonds. The van der Waals surface area contributed by atoms with Crippen molar-refractivity contribution in [2.75, 3.05) is 20.3 Å². The third kappa shape index (κ3) is 3.45. The molecule has 1 unspecified atom stereocenters. The van der Waals surface area contributed by atoms with Gasteiger partial charge in [0, 0.05) is 26.3 Å². The van der Waals surface area contributed by atoms with Gasteiger partial charge in [-0.3, -0.25) is 0 Å². The number of rotatable bonds is 7. The van der Waals surface area contributed by atoms with Crippen LogP contribution in [0.15, 0.2) is 42.5 Å². The van der Waals surface area contributed by atoms with Crippen molar-refractivity contribution in [3.05, 3.63) is 48.0 Å². The summed E-state index contributed by atoms with van der Waals surface area (Å²) in [6, 6.07) is 15.7. The third-order valence-corrected chi connectivity index (χ3v) is 4.85. The SMILES string of the molecule is COCCC1(CNC(C)c2ccc3ccccc3c2)CC1. The second-order valence-electron chi connectivity index (χ2n) is 6.45. The molecule has 3 rings (SSSR count). The van der Waals surface area contributed by atoms with E-state index in [1.807, 2.05) is 0 Å². The monoisotopic (exact) mass is 283 g/mol. The minimum absolute atomic E-state index is 0.398. The predicted octanol–water partition coefficient (Wildman–Crippen LogP) is 4.31. The predicted molar refractivity (Wildman–Crippen MR) is 88.5 cm³/mol. The minimum Gasteiger partial charge on any atom is -0.385 e. The van der Waals surface area contributed by atoms with Gasteiger partial charge in [0.25, 0.3) is 0 Å². The molecule has 0 saturated heterocycles. The number of methoxy groups -OCH3 is 1. The van der Waals surface area contributed by atoms with Gasteiger partial charge in [0.2, 0.25) is 0 Å². The van der Waals surface area contributed by atoms with E-state index in [1.165, 1.54) is 35.6 Å². The lowest BCUT2D eigenvalue weighted by Gasteiger charge is -2.20. The number of ether oxygens (including phenoxy) is 1. The quantitative estimate of drug-likeness (QED) is 0.817. The van der Waals surface area contributed by atoms with E-state index in [0.717, 1.165) is 13.2 Å². The Morgan fingerprint density at radius 2 is 1.90 bits per heavy atom. The molecule has 2 aromatic carbocycles. The molecule has 0 aromatic heterocycles. The molecule has 21 heavy (non-hydrogen) atoms. The third-order valence-electron chi connectivity index (χ3n) is 4.85. The summed E-state index contributed by atoms with van der Waals surface area (Å²) in [5.74, 6) is 0. The van der Waals surface area contributed by atoms with E-state index in [1.54, 1.807) is 7.11 Å². The molecule has 0 heterocycles. The maximum atomic E-state index is 5.23. The fourth-order valence-corrected chi connectivity index (χ4v) is 2.98. The molecule has 1 fully saturated rings. The Morgan fingerprint density at radius 3 is 2.62 bits per heavy atom. The molecular formula is C19H25NO. The van der Waals surface area contributed by atoms with Crippen LogP contribution in [-0.2, 0) is 4.74 Å². The van der Waals surface area contributed by atoms with E-state index in [2.05, 4.69) is 54.7 Å². The molecule has 1 aliphatic rings. The van der Waals surface area contributed by atoms with Gasteiger partial charge in [-0.2, -0.15) is 0 Å². The highest BCUT2D eigenvalue weighted by Crippen LogP contribution is 2.48. The van der Waals surface area contributed by atoms with Gasteiger partial charge in [-0.25, -0.2) is 0 Å². The summed E-state index contributed by atoms with van der Waals surface area (Å²) in [6.07, 6.45) is 3.86. The topological polar surface area (TPSA) is 21.3 Å². The lowest BCUT2D eigenvalue weighted by molar-refractivity contribution is 0.170. The zero-order chi connectivity index (χ0) is 14.7. The Hall–Kier alpha value is -1.38. The Bertz CT molecular complexity index is 603. The lowest BCUT2D eigenvalue weighted by Crippen LogP contribution is -2.27. The van der Waals surface area contributed by atoms with Crippen LogP contribution in [0.3, 0.4) is 0 Å². The first-order valence-corrected chi connectivity index (χ1v) is 7.93. The van der Waals surface area contributed by atoms with Crippen molar-refractivity contribution in [2.45, 2.75) is 32.2 Å². The fraction of sp³-hybridized carbons (Fsp3) is 0.474. The fourth-order valence-electron chi connectivity index (χ4n) is 2.98. The summed E-state index contributed by atoms with van der Waals surface area (Å²) in [4.78, 5) is 0. The normalized spacial score (nSPS) is 17.8. The first-order chi connectivity index (χ1) is 10.2. The van der Waals surface area contributed by atoms with Crippen LogP contribution in [0.2, 0.25) is 0 Å². The molecule has 2 nitrogen and oxygen atoms in total. The number of hydrogen-bond donors (Lipinski definition) is 1. The second-order valence-corrected chi connectivity index (χ2v) is 6.45. The summed E-state index contributed by atoms with van der Waals surface area (Å²) in [7, 11) is 1.79. The van der Waals surface area contributed by atoms with Gasteiger partial charge in [0.1, 0.15) is 0 Å². The average Bonchev–Trinajstić information content (AvgIpc) is 3.30. The molecule has 0 bridgehead atoms. The molecule has 1 atom stereocenters. The first kappa shape index (κ1) is 14.6. The number of fused-ring (bicyclic) bond motifs is 1. The number of nitrogens with one attached hydrogen (secondary N) is 1. The van der Waals surface area contributed by atoms with E-state index in [4.69, 9.17) is 4.74 Å². The van der Waals surface area contributed by atoms with Crippen molar-refractivity contribution < 1.29 is 4.74 Å². The van der Waals surface area contributed by atoms with Gasteiger partial charge in [-0.05, 0) is 54.0 Å². The molecule has 0 spiro atoms. The second kappa shape index (κ2) is 6.17. The molecule has 112 valence electrons. The van der Waals surface area contributed by atoms with E-state index in [-0.39, 0.29) is 0 Å². The smallest absolute Gasteiger partial charge is 0.0468 e. The van der Waals surface area contributed by atoms with Gasteiger partial charge in [0.15, 0.2) is 0 Å². The van der Waals surface area contributed by atoms with Crippen molar-refractivity contribution in [3.63, 3.8) is 0 Å². The summed E-state index contributed by atoms with van der Waals surface area (Å²) in [5, 5.41) is 6.36. The molecule has 0 aliphatic heterocycles. The highest BCUT2D eigenvalue weighted by molar-refractivity contribution is 5.83. The van der Waals surface area contributed by atoms with Crippen LogP contribution in [-0.4, -0.2) is 20.3 Å². The Kier molecular flexibility index (Phi) is 4.27. The Labute approximate surface area is 127 Å². The highest BCUT2D eigenvalue weighted by atomic mass is 16.5.